The van der Waals surface area contributed by atoms with E-state index in [1.165, 1.54) is 25.9 Å². The second-order valence-electron chi connectivity index (χ2n) is 5.46. The number of nitrogens with one attached hydrogen (secondary N) is 1. The molecule has 19 heavy (non-hydrogen) atoms. The van der Waals surface area contributed by atoms with Gasteiger partial charge in [0.25, 0.3) is 0 Å². The number of hydrogen-bond donors (Lipinski definition) is 1. The van der Waals surface area contributed by atoms with Crippen LogP contribution in [-0.2, 0) is 0 Å². The third-order valence-corrected chi connectivity index (χ3v) is 4.47. The van der Waals surface area contributed by atoms with Crippen molar-refractivity contribution in [2.75, 3.05) is 31.6 Å². The van der Waals surface area contributed by atoms with Crippen LogP contribution in [0, 0.1) is 5.92 Å². The van der Waals surface area contributed by atoms with Crippen molar-refractivity contribution in [2.45, 2.75) is 25.8 Å². The molecule has 3 nitrogen and oxygen atoms in total. The Morgan fingerprint density at radius 1 is 1.37 bits per heavy atom. The summed E-state index contributed by atoms with van der Waals surface area (Å²) >= 11 is 6.11. The molecule has 1 aromatic rings. The third kappa shape index (κ3) is 2.82. The molecule has 0 aromatic heterocycles. The Kier molecular flexibility index (Phi) is 3.85. The molecule has 4 rings (SSSR count). The van der Waals surface area contributed by atoms with Crippen LogP contribution in [0.2, 0.25) is 5.02 Å². The predicted molar refractivity (Wildman–Crippen MR) is 79.2 cm³/mol. The maximum atomic E-state index is 6.11. The maximum absolute atomic E-state index is 6.11. The molecular formula is C15H21ClN2O. The summed E-state index contributed by atoms with van der Waals surface area (Å²) in [6.45, 7) is 6.35. The van der Waals surface area contributed by atoms with E-state index in [1.54, 1.807) is 0 Å². The Labute approximate surface area is 119 Å². The van der Waals surface area contributed by atoms with Crippen LogP contribution in [-0.4, -0.2) is 37.2 Å². The fourth-order valence-corrected chi connectivity index (χ4v) is 3.40. The number of fused-ring (bicyclic) bond motifs is 3. The fourth-order valence-electron chi connectivity index (χ4n) is 3.22. The Morgan fingerprint density at radius 2 is 2.16 bits per heavy atom. The number of hydrogen-bond acceptors (Lipinski definition) is 3. The van der Waals surface area contributed by atoms with E-state index in [2.05, 4.69) is 10.2 Å². The number of halogens is 1. The quantitative estimate of drug-likeness (QED) is 0.916. The van der Waals surface area contributed by atoms with Crippen molar-refractivity contribution in [3.63, 3.8) is 0 Å². The molecule has 3 saturated heterocycles. The van der Waals surface area contributed by atoms with Gasteiger partial charge in [0.15, 0.2) is 0 Å². The van der Waals surface area contributed by atoms with Crippen LogP contribution in [0.25, 0.3) is 0 Å². The van der Waals surface area contributed by atoms with Gasteiger partial charge in [-0.25, -0.2) is 0 Å². The molecule has 104 valence electrons. The molecule has 0 aliphatic carbocycles. The molecule has 4 heteroatoms. The zero-order valence-corrected chi connectivity index (χ0v) is 12.1. The number of nitrogens with zero attached hydrogens (tertiary/aromatic N) is 1. The van der Waals surface area contributed by atoms with Crippen LogP contribution in [0.4, 0.5) is 5.69 Å². The topological polar surface area (TPSA) is 24.5 Å². The zero-order valence-electron chi connectivity index (χ0n) is 11.4. The van der Waals surface area contributed by atoms with Crippen molar-refractivity contribution < 1.29 is 4.74 Å². The van der Waals surface area contributed by atoms with Gasteiger partial charge >= 0.3 is 0 Å². The SMILES string of the molecule is CCOc1ccc(Cl)cc1NC1CN2CCC1CC2. The lowest BCUT2D eigenvalue weighted by Crippen LogP contribution is -2.53. The summed E-state index contributed by atoms with van der Waals surface area (Å²) in [6, 6.07) is 6.34. The lowest BCUT2D eigenvalue weighted by molar-refractivity contribution is 0.0974. The summed E-state index contributed by atoms with van der Waals surface area (Å²) < 4.78 is 5.68. The highest BCUT2D eigenvalue weighted by molar-refractivity contribution is 6.30. The van der Waals surface area contributed by atoms with Gasteiger partial charge in [-0.3, -0.25) is 0 Å². The van der Waals surface area contributed by atoms with E-state index in [9.17, 15) is 0 Å². The van der Waals surface area contributed by atoms with Gasteiger partial charge in [-0.1, -0.05) is 11.6 Å². The first-order valence-corrected chi connectivity index (χ1v) is 7.55. The number of ether oxygens (including phenoxy) is 1. The van der Waals surface area contributed by atoms with Gasteiger partial charge in [0.1, 0.15) is 5.75 Å². The summed E-state index contributed by atoms with van der Waals surface area (Å²) in [4.78, 5) is 2.54. The van der Waals surface area contributed by atoms with Crippen molar-refractivity contribution in [2.24, 2.45) is 5.92 Å². The number of anilines is 1. The third-order valence-electron chi connectivity index (χ3n) is 4.24. The Bertz CT molecular complexity index is 444. The second-order valence-corrected chi connectivity index (χ2v) is 5.90. The predicted octanol–water partition coefficient (Wildman–Crippen LogP) is 3.24. The van der Waals surface area contributed by atoms with Crippen LogP contribution in [0.1, 0.15) is 19.8 Å². The molecule has 0 amide bonds. The molecule has 1 aromatic carbocycles. The molecule has 3 aliphatic heterocycles. The van der Waals surface area contributed by atoms with Crippen LogP contribution in [0.15, 0.2) is 18.2 Å². The van der Waals surface area contributed by atoms with E-state index in [-0.39, 0.29) is 0 Å². The average Bonchev–Trinajstić information content (AvgIpc) is 2.43. The largest absolute Gasteiger partial charge is 0.492 e. The highest BCUT2D eigenvalue weighted by Crippen LogP contribution is 2.34. The van der Waals surface area contributed by atoms with Gasteiger partial charge in [-0.2, -0.15) is 0 Å². The first kappa shape index (κ1) is 13.1. The lowest BCUT2D eigenvalue weighted by Gasteiger charge is -2.45. The fraction of sp³-hybridized carbons (Fsp3) is 0.600. The van der Waals surface area contributed by atoms with E-state index in [0.717, 1.165) is 28.9 Å². The lowest BCUT2D eigenvalue weighted by atomic mass is 9.84. The van der Waals surface area contributed by atoms with Crippen LogP contribution < -0.4 is 10.1 Å². The molecule has 3 fully saturated rings. The summed E-state index contributed by atoms with van der Waals surface area (Å²) in [6.07, 6.45) is 2.62. The molecule has 3 aliphatic rings. The van der Waals surface area contributed by atoms with Gasteiger partial charge in [-0.15, -0.1) is 0 Å². The van der Waals surface area contributed by atoms with Crippen LogP contribution >= 0.6 is 11.6 Å². The molecule has 1 N–H and O–H groups in total. The van der Waals surface area contributed by atoms with Crippen LogP contribution in [0.5, 0.6) is 5.75 Å². The number of rotatable bonds is 4. The minimum absolute atomic E-state index is 0.528. The van der Waals surface area contributed by atoms with Crippen molar-refractivity contribution in [1.29, 1.82) is 0 Å². The number of piperidine rings is 3. The van der Waals surface area contributed by atoms with E-state index < -0.39 is 0 Å². The summed E-state index contributed by atoms with van der Waals surface area (Å²) in [5.74, 6) is 1.70. The van der Waals surface area contributed by atoms with Gasteiger partial charge in [-0.05, 0) is 57.0 Å². The standard InChI is InChI=1S/C15H21ClN2O/c1-2-19-15-4-3-12(16)9-13(15)17-14-10-18-7-5-11(14)6-8-18/h3-4,9,11,14,17H,2,5-8,10H2,1H3. The highest BCUT2D eigenvalue weighted by Gasteiger charge is 2.34. The van der Waals surface area contributed by atoms with E-state index >= 15 is 0 Å². The molecule has 1 unspecified atom stereocenters. The first-order valence-electron chi connectivity index (χ1n) is 7.17. The summed E-state index contributed by atoms with van der Waals surface area (Å²) in [7, 11) is 0. The van der Waals surface area contributed by atoms with Gasteiger partial charge < -0.3 is 15.0 Å². The summed E-state index contributed by atoms with van der Waals surface area (Å²) in [5, 5.41) is 4.41. The normalized spacial score (nSPS) is 29.3. The second kappa shape index (κ2) is 5.59. The molecule has 3 heterocycles. The summed E-state index contributed by atoms with van der Waals surface area (Å²) in [5.41, 5.74) is 1.04. The molecule has 0 radical (unpaired) electrons. The smallest absolute Gasteiger partial charge is 0.142 e. The Morgan fingerprint density at radius 3 is 2.79 bits per heavy atom. The van der Waals surface area contributed by atoms with Crippen molar-refractivity contribution >= 4 is 17.3 Å². The molecule has 0 spiro atoms. The highest BCUT2D eigenvalue weighted by atomic mass is 35.5. The molecular weight excluding hydrogens is 260 g/mol. The van der Waals surface area contributed by atoms with Crippen LogP contribution in [0.3, 0.4) is 0 Å². The van der Waals surface area contributed by atoms with Crippen molar-refractivity contribution in [3.05, 3.63) is 23.2 Å². The first-order chi connectivity index (χ1) is 9.26. The molecule has 1 atom stereocenters. The minimum Gasteiger partial charge on any atom is -0.492 e. The zero-order chi connectivity index (χ0) is 13.2. The Hall–Kier alpha value is -0.930. The van der Waals surface area contributed by atoms with Gasteiger partial charge in [0.05, 0.1) is 12.3 Å². The maximum Gasteiger partial charge on any atom is 0.142 e. The Balaban J connectivity index is 1.76. The molecule has 0 saturated carbocycles. The molecule has 2 bridgehead atoms. The minimum atomic E-state index is 0.528. The van der Waals surface area contributed by atoms with E-state index in [0.29, 0.717) is 12.6 Å². The van der Waals surface area contributed by atoms with E-state index in [1.807, 2.05) is 25.1 Å². The van der Waals surface area contributed by atoms with Crippen molar-refractivity contribution in [1.82, 2.24) is 4.90 Å². The monoisotopic (exact) mass is 280 g/mol. The van der Waals surface area contributed by atoms with Crippen molar-refractivity contribution in [3.8, 4) is 5.75 Å². The van der Waals surface area contributed by atoms with Gasteiger partial charge in [0.2, 0.25) is 0 Å². The van der Waals surface area contributed by atoms with E-state index in [4.69, 9.17) is 16.3 Å². The van der Waals surface area contributed by atoms with Gasteiger partial charge in [0, 0.05) is 17.6 Å². The number of benzene rings is 1. The average molecular weight is 281 g/mol.